The number of alkyl halides is 6. The lowest BCUT2D eigenvalue weighted by Gasteiger charge is -2.18. The van der Waals surface area contributed by atoms with E-state index in [0.29, 0.717) is 5.56 Å². The highest BCUT2D eigenvalue weighted by molar-refractivity contribution is 5.79. The second kappa shape index (κ2) is 9.19. The standard InChI is InChI=1S/C20H17F6NO3/c21-19(22,23)14-6-4-12(5-7-14)9-16(11-18(29)30)27-17(28)10-13-2-1-3-15(8-13)20(24,25)26/h1-8,16H,9-11H2,(H,27,28)(H,29,30). The van der Waals surface area contributed by atoms with Crippen molar-refractivity contribution in [1.82, 2.24) is 5.32 Å². The van der Waals surface area contributed by atoms with Crippen LogP contribution in [0.15, 0.2) is 48.5 Å². The number of nitrogens with one attached hydrogen (secondary N) is 1. The Bertz CT molecular complexity index is 891. The summed E-state index contributed by atoms with van der Waals surface area (Å²) in [7, 11) is 0. The largest absolute Gasteiger partial charge is 0.481 e. The van der Waals surface area contributed by atoms with E-state index in [1.54, 1.807) is 0 Å². The second-order valence-corrected chi connectivity index (χ2v) is 6.64. The highest BCUT2D eigenvalue weighted by atomic mass is 19.4. The Morgan fingerprint density at radius 2 is 1.47 bits per heavy atom. The van der Waals surface area contributed by atoms with Crippen molar-refractivity contribution in [2.75, 3.05) is 0 Å². The number of carboxylic acid groups (broad SMARTS) is 1. The minimum absolute atomic E-state index is 0.0568. The Morgan fingerprint density at radius 3 is 2.00 bits per heavy atom. The maximum absolute atomic E-state index is 12.8. The third-order valence-electron chi connectivity index (χ3n) is 4.17. The molecule has 162 valence electrons. The summed E-state index contributed by atoms with van der Waals surface area (Å²) >= 11 is 0. The molecule has 4 nitrogen and oxygen atoms in total. The predicted molar refractivity (Wildman–Crippen MR) is 94.5 cm³/mol. The summed E-state index contributed by atoms with van der Waals surface area (Å²) in [4.78, 5) is 23.3. The van der Waals surface area contributed by atoms with Crippen molar-refractivity contribution in [3.05, 3.63) is 70.8 Å². The molecule has 1 atom stereocenters. The average molecular weight is 433 g/mol. The molecule has 0 fully saturated rings. The van der Waals surface area contributed by atoms with Crippen LogP contribution in [0.5, 0.6) is 0 Å². The van der Waals surface area contributed by atoms with Crippen molar-refractivity contribution in [1.29, 1.82) is 0 Å². The van der Waals surface area contributed by atoms with E-state index in [1.807, 2.05) is 0 Å². The van der Waals surface area contributed by atoms with Gasteiger partial charge in [0.15, 0.2) is 0 Å². The fourth-order valence-electron chi connectivity index (χ4n) is 2.82. The fraction of sp³-hybridized carbons (Fsp3) is 0.300. The number of aliphatic carboxylic acids is 1. The molecule has 2 rings (SSSR count). The molecule has 1 amide bonds. The van der Waals surface area contributed by atoms with Crippen LogP contribution in [0.1, 0.15) is 28.7 Å². The Hall–Kier alpha value is -3.04. The van der Waals surface area contributed by atoms with Gasteiger partial charge in [0.05, 0.1) is 24.0 Å². The minimum atomic E-state index is -4.57. The molecule has 0 saturated heterocycles. The molecule has 30 heavy (non-hydrogen) atoms. The number of halogens is 6. The van der Waals surface area contributed by atoms with Gasteiger partial charge in [-0.05, 0) is 35.7 Å². The molecule has 0 radical (unpaired) electrons. The molecule has 0 saturated carbocycles. The Kier molecular flexibility index (Phi) is 7.12. The average Bonchev–Trinajstić information content (AvgIpc) is 2.60. The summed E-state index contributed by atoms with van der Waals surface area (Å²) in [6.07, 6.45) is -10.1. The first kappa shape index (κ1) is 23.2. The van der Waals surface area contributed by atoms with Gasteiger partial charge in [-0.1, -0.05) is 30.3 Å². The summed E-state index contributed by atoms with van der Waals surface area (Å²) in [6, 6.07) is 7.26. The lowest BCUT2D eigenvalue weighted by atomic mass is 10.0. The topological polar surface area (TPSA) is 66.4 Å². The zero-order valence-corrected chi connectivity index (χ0v) is 15.3. The third-order valence-corrected chi connectivity index (χ3v) is 4.17. The van der Waals surface area contributed by atoms with Crippen molar-refractivity contribution in [3.8, 4) is 0 Å². The number of carbonyl (C=O) groups is 2. The van der Waals surface area contributed by atoms with Gasteiger partial charge in [-0.25, -0.2) is 0 Å². The summed E-state index contributed by atoms with van der Waals surface area (Å²) < 4.78 is 76.2. The fourth-order valence-corrected chi connectivity index (χ4v) is 2.82. The van der Waals surface area contributed by atoms with E-state index in [2.05, 4.69) is 5.32 Å². The van der Waals surface area contributed by atoms with Crippen molar-refractivity contribution in [2.24, 2.45) is 0 Å². The van der Waals surface area contributed by atoms with Crippen LogP contribution < -0.4 is 5.32 Å². The van der Waals surface area contributed by atoms with E-state index in [9.17, 15) is 35.9 Å². The van der Waals surface area contributed by atoms with Gasteiger partial charge in [0, 0.05) is 6.04 Å². The molecular formula is C20H17F6NO3. The van der Waals surface area contributed by atoms with E-state index in [-0.39, 0.29) is 12.0 Å². The number of amides is 1. The summed E-state index contributed by atoms with van der Waals surface area (Å²) in [6.45, 7) is 0. The van der Waals surface area contributed by atoms with Crippen molar-refractivity contribution >= 4 is 11.9 Å². The highest BCUT2D eigenvalue weighted by Gasteiger charge is 2.31. The van der Waals surface area contributed by atoms with E-state index < -0.39 is 54.2 Å². The first-order valence-electron chi connectivity index (χ1n) is 8.68. The van der Waals surface area contributed by atoms with E-state index in [4.69, 9.17) is 5.11 Å². The van der Waals surface area contributed by atoms with Crippen LogP contribution in [0.2, 0.25) is 0 Å². The molecular weight excluding hydrogens is 416 g/mol. The van der Waals surface area contributed by atoms with Gasteiger partial charge >= 0.3 is 18.3 Å². The molecule has 2 aromatic carbocycles. The van der Waals surface area contributed by atoms with E-state index in [0.717, 1.165) is 30.3 Å². The van der Waals surface area contributed by atoms with Crippen LogP contribution >= 0.6 is 0 Å². The van der Waals surface area contributed by atoms with Crippen molar-refractivity contribution < 1.29 is 41.0 Å². The lowest BCUT2D eigenvalue weighted by molar-refractivity contribution is -0.138. The van der Waals surface area contributed by atoms with E-state index in [1.165, 1.54) is 18.2 Å². The number of hydrogen-bond acceptors (Lipinski definition) is 2. The van der Waals surface area contributed by atoms with Gasteiger partial charge in [0.2, 0.25) is 5.91 Å². The molecule has 0 heterocycles. The first-order valence-corrected chi connectivity index (χ1v) is 8.68. The van der Waals surface area contributed by atoms with Crippen LogP contribution in [0.25, 0.3) is 0 Å². The molecule has 1 unspecified atom stereocenters. The maximum Gasteiger partial charge on any atom is 0.416 e. The number of hydrogen-bond donors (Lipinski definition) is 2. The molecule has 0 aliphatic carbocycles. The van der Waals surface area contributed by atoms with Gasteiger partial charge < -0.3 is 10.4 Å². The Balaban J connectivity index is 2.07. The number of benzene rings is 2. The molecule has 0 aliphatic heterocycles. The minimum Gasteiger partial charge on any atom is -0.481 e. The van der Waals surface area contributed by atoms with Crippen molar-refractivity contribution in [3.63, 3.8) is 0 Å². The van der Waals surface area contributed by atoms with Crippen LogP contribution in [-0.4, -0.2) is 23.0 Å². The molecule has 10 heteroatoms. The Morgan fingerprint density at radius 1 is 0.867 bits per heavy atom. The number of rotatable bonds is 7. The maximum atomic E-state index is 12.8. The molecule has 0 spiro atoms. The van der Waals surface area contributed by atoms with Crippen LogP contribution in [0, 0.1) is 0 Å². The summed E-state index contributed by atoms with van der Waals surface area (Å²) in [5.74, 6) is -1.95. The smallest absolute Gasteiger partial charge is 0.416 e. The molecule has 2 aromatic rings. The zero-order chi connectivity index (χ0) is 22.5. The van der Waals surface area contributed by atoms with E-state index >= 15 is 0 Å². The van der Waals surface area contributed by atoms with Crippen LogP contribution in [0.3, 0.4) is 0 Å². The molecule has 0 bridgehead atoms. The SMILES string of the molecule is O=C(O)CC(Cc1ccc(C(F)(F)F)cc1)NC(=O)Cc1cccc(C(F)(F)F)c1. The monoisotopic (exact) mass is 433 g/mol. The number of carboxylic acids is 1. The molecule has 0 aliphatic rings. The Labute approximate surface area is 167 Å². The van der Waals surface area contributed by atoms with Crippen LogP contribution in [0.4, 0.5) is 26.3 Å². The predicted octanol–water partition coefficient (Wildman–Crippen LogP) is 4.47. The second-order valence-electron chi connectivity index (χ2n) is 6.64. The van der Waals surface area contributed by atoms with Gasteiger partial charge in [-0.15, -0.1) is 0 Å². The zero-order valence-electron chi connectivity index (χ0n) is 15.3. The van der Waals surface area contributed by atoms with Crippen molar-refractivity contribution in [2.45, 2.75) is 37.7 Å². The molecule has 2 N–H and O–H groups in total. The number of carbonyl (C=O) groups excluding carboxylic acids is 1. The van der Waals surface area contributed by atoms with Gasteiger partial charge in [0.1, 0.15) is 0 Å². The van der Waals surface area contributed by atoms with Gasteiger partial charge in [0.25, 0.3) is 0 Å². The summed E-state index contributed by atoms with van der Waals surface area (Å²) in [5.41, 5.74) is -1.33. The first-order chi connectivity index (χ1) is 13.8. The molecule has 0 aromatic heterocycles. The lowest BCUT2D eigenvalue weighted by Crippen LogP contribution is -2.39. The third kappa shape index (κ3) is 7.09. The quantitative estimate of drug-likeness (QED) is 0.634. The van der Waals surface area contributed by atoms with Gasteiger partial charge in [-0.3, -0.25) is 9.59 Å². The summed E-state index contributed by atoms with van der Waals surface area (Å²) in [5, 5.41) is 11.4. The highest BCUT2D eigenvalue weighted by Crippen LogP contribution is 2.30. The van der Waals surface area contributed by atoms with Crippen LogP contribution in [-0.2, 0) is 34.8 Å². The van der Waals surface area contributed by atoms with Gasteiger partial charge in [-0.2, -0.15) is 26.3 Å². The normalized spacial score (nSPS) is 13.0.